The molecule has 1 aliphatic rings. The predicted molar refractivity (Wildman–Crippen MR) is 136 cm³/mol. The van der Waals surface area contributed by atoms with E-state index in [4.69, 9.17) is 4.42 Å². The van der Waals surface area contributed by atoms with Gasteiger partial charge in [0.15, 0.2) is 5.76 Å². The third-order valence-electron chi connectivity index (χ3n) is 5.91. The zero-order valence-corrected chi connectivity index (χ0v) is 20.6. The minimum Gasteiger partial charge on any atom is -0.455 e. The Morgan fingerprint density at radius 1 is 0.943 bits per heavy atom. The molecule has 0 saturated heterocycles. The van der Waals surface area contributed by atoms with Gasteiger partial charge >= 0.3 is 5.91 Å². The van der Waals surface area contributed by atoms with Crippen LogP contribution in [0.15, 0.2) is 70.2 Å². The number of hydrogen-bond acceptors (Lipinski definition) is 5. The molecule has 0 spiro atoms. The second-order valence-electron chi connectivity index (χ2n) is 9.83. The molecule has 0 atom stereocenters. The lowest BCUT2D eigenvalue weighted by molar-refractivity contribution is -0.121. The van der Waals surface area contributed by atoms with E-state index < -0.39 is 5.92 Å². The summed E-state index contributed by atoms with van der Waals surface area (Å²) in [6.45, 7) is 7.73. The molecule has 1 aliphatic carbocycles. The Hall–Kier alpha value is -3.71. The molecule has 0 radical (unpaired) electrons. The monoisotopic (exact) mass is 472 g/mol. The third kappa shape index (κ3) is 5.69. The Labute approximate surface area is 206 Å². The number of rotatable bonds is 6. The van der Waals surface area contributed by atoms with Crippen molar-refractivity contribution in [3.63, 3.8) is 0 Å². The number of furan rings is 1. The van der Waals surface area contributed by atoms with E-state index in [1.54, 1.807) is 0 Å². The van der Waals surface area contributed by atoms with Gasteiger partial charge in [0.1, 0.15) is 5.76 Å². The SMILES string of the molecule is Cc1c(C(=O)NNC(C)(C)C)oc2c1/C(=N/NC(=O)C(c1ccccc1)c1ccccc1)CCC2. The molecule has 7 nitrogen and oxygen atoms in total. The van der Waals surface area contributed by atoms with Crippen molar-refractivity contribution in [3.8, 4) is 0 Å². The van der Waals surface area contributed by atoms with Gasteiger partial charge < -0.3 is 4.42 Å². The van der Waals surface area contributed by atoms with E-state index in [1.807, 2.05) is 88.4 Å². The van der Waals surface area contributed by atoms with Crippen molar-refractivity contribution in [2.75, 3.05) is 0 Å². The molecule has 3 N–H and O–H groups in total. The summed E-state index contributed by atoms with van der Waals surface area (Å²) in [6.07, 6.45) is 2.24. The van der Waals surface area contributed by atoms with Gasteiger partial charge in [-0.25, -0.2) is 10.9 Å². The number of amides is 2. The molecular weight excluding hydrogens is 440 g/mol. The Morgan fingerprint density at radius 2 is 1.54 bits per heavy atom. The largest absolute Gasteiger partial charge is 0.455 e. The van der Waals surface area contributed by atoms with E-state index in [0.717, 1.165) is 46.6 Å². The van der Waals surface area contributed by atoms with Crippen LogP contribution >= 0.6 is 0 Å². The maximum Gasteiger partial charge on any atom is 0.301 e. The highest BCUT2D eigenvalue weighted by molar-refractivity contribution is 6.06. The van der Waals surface area contributed by atoms with Crippen molar-refractivity contribution >= 4 is 17.5 Å². The van der Waals surface area contributed by atoms with Crippen LogP contribution in [-0.4, -0.2) is 23.1 Å². The lowest BCUT2D eigenvalue weighted by Crippen LogP contribution is -2.48. The van der Waals surface area contributed by atoms with Crippen LogP contribution in [-0.2, 0) is 11.2 Å². The number of carbonyl (C=O) groups is 2. The van der Waals surface area contributed by atoms with Crippen molar-refractivity contribution in [2.45, 2.75) is 58.4 Å². The highest BCUT2D eigenvalue weighted by Gasteiger charge is 2.29. The van der Waals surface area contributed by atoms with Gasteiger partial charge in [0.05, 0.1) is 11.6 Å². The molecule has 182 valence electrons. The molecule has 7 heteroatoms. The molecule has 0 bridgehead atoms. The van der Waals surface area contributed by atoms with Gasteiger partial charge in [-0.05, 0) is 51.7 Å². The highest BCUT2D eigenvalue weighted by Crippen LogP contribution is 2.30. The molecule has 0 fully saturated rings. The van der Waals surface area contributed by atoms with Gasteiger partial charge in [-0.2, -0.15) is 5.10 Å². The second-order valence-corrected chi connectivity index (χ2v) is 9.83. The number of carbonyl (C=O) groups excluding carboxylic acids is 2. The molecular formula is C28H32N4O3. The van der Waals surface area contributed by atoms with Gasteiger partial charge in [0, 0.05) is 23.1 Å². The predicted octanol–water partition coefficient (Wildman–Crippen LogP) is 4.61. The Kier molecular flexibility index (Phi) is 7.17. The van der Waals surface area contributed by atoms with Crippen LogP contribution < -0.4 is 16.3 Å². The number of nitrogens with zero attached hydrogens (tertiary/aromatic N) is 1. The molecule has 4 rings (SSSR count). The van der Waals surface area contributed by atoms with E-state index in [0.29, 0.717) is 6.42 Å². The van der Waals surface area contributed by atoms with E-state index in [2.05, 4.69) is 21.4 Å². The molecule has 35 heavy (non-hydrogen) atoms. The van der Waals surface area contributed by atoms with Gasteiger partial charge in [0.25, 0.3) is 5.91 Å². The zero-order chi connectivity index (χ0) is 25.0. The second kappa shape index (κ2) is 10.3. The number of fused-ring (bicyclic) bond motifs is 1. The van der Waals surface area contributed by atoms with Crippen molar-refractivity contribution < 1.29 is 14.0 Å². The number of benzene rings is 2. The topological polar surface area (TPSA) is 95.7 Å². The lowest BCUT2D eigenvalue weighted by Gasteiger charge is -2.20. The molecule has 3 aromatic rings. The number of hydrazine groups is 1. The minimum absolute atomic E-state index is 0.212. The van der Waals surface area contributed by atoms with E-state index in [1.165, 1.54) is 0 Å². The fourth-order valence-electron chi connectivity index (χ4n) is 4.27. The average Bonchev–Trinajstić information content (AvgIpc) is 3.19. The Morgan fingerprint density at radius 3 is 2.11 bits per heavy atom. The van der Waals surface area contributed by atoms with E-state index in [9.17, 15) is 9.59 Å². The van der Waals surface area contributed by atoms with Gasteiger partial charge in [-0.3, -0.25) is 15.0 Å². The van der Waals surface area contributed by atoms with E-state index in [-0.39, 0.29) is 23.1 Å². The summed E-state index contributed by atoms with van der Waals surface area (Å²) in [6, 6.07) is 19.3. The molecule has 0 saturated carbocycles. The van der Waals surface area contributed by atoms with Crippen LogP contribution in [0.3, 0.4) is 0 Å². The third-order valence-corrected chi connectivity index (χ3v) is 5.91. The summed E-state index contributed by atoms with van der Waals surface area (Å²) >= 11 is 0. The maximum absolute atomic E-state index is 13.4. The van der Waals surface area contributed by atoms with Crippen LogP contribution in [0.25, 0.3) is 0 Å². The normalized spacial score (nSPS) is 14.6. The highest BCUT2D eigenvalue weighted by atomic mass is 16.4. The van der Waals surface area contributed by atoms with Crippen LogP contribution in [0.5, 0.6) is 0 Å². The first-order chi connectivity index (χ1) is 16.7. The van der Waals surface area contributed by atoms with E-state index >= 15 is 0 Å². The van der Waals surface area contributed by atoms with Crippen molar-refractivity contribution in [3.05, 3.63) is 94.4 Å². The zero-order valence-electron chi connectivity index (χ0n) is 20.6. The number of aryl methyl sites for hydroxylation is 1. The number of hydrogen-bond donors (Lipinski definition) is 3. The summed E-state index contributed by atoms with van der Waals surface area (Å²) in [5.74, 6) is -0.0385. The molecule has 2 amide bonds. The summed E-state index contributed by atoms with van der Waals surface area (Å²) in [4.78, 5) is 26.1. The summed E-state index contributed by atoms with van der Waals surface area (Å²) in [5, 5.41) is 4.52. The van der Waals surface area contributed by atoms with Crippen molar-refractivity contribution in [1.29, 1.82) is 0 Å². The molecule has 0 unspecified atom stereocenters. The van der Waals surface area contributed by atoms with Gasteiger partial charge in [-0.1, -0.05) is 60.7 Å². The maximum atomic E-state index is 13.4. The number of nitrogens with one attached hydrogen (secondary N) is 3. The first kappa shape index (κ1) is 24.4. The fourth-order valence-corrected chi connectivity index (χ4v) is 4.27. The van der Waals surface area contributed by atoms with Crippen molar-refractivity contribution in [2.24, 2.45) is 5.10 Å². The van der Waals surface area contributed by atoms with Crippen LogP contribution in [0, 0.1) is 6.92 Å². The van der Waals surface area contributed by atoms with Crippen molar-refractivity contribution in [1.82, 2.24) is 16.3 Å². The molecule has 1 heterocycles. The van der Waals surface area contributed by atoms with Crippen LogP contribution in [0.2, 0.25) is 0 Å². The molecule has 2 aromatic carbocycles. The fraction of sp³-hybridized carbons (Fsp3) is 0.321. The summed E-state index contributed by atoms with van der Waals surface area (Å²) < 4.78 is 5.94. The Bertz CT molecular complexity index is 1180. The van der Waals surface area contributed by atoms with Gasteiger partial charge in [0.2, 0.25) is 0 Å². The quantitative estimate of drug-likeness (QED) is 0.457. The Balaban J connectivity index is 1.59. The molecule has 1 aromatic heterocycles. The lowest BCUT2D eigenvalue weighted by atomic mass is 9.90. The number of hydrazone groups is 1. The summed E-state index contributed by atoms with van der Waals surface area (Å²) in [7, 11) is 0. The standard InChI is InChI=1S/C28H32N4O3/c1-18-23-21(16-11-17-22(23)35-25(18)27(34)31-32-28(2,3)4)29-30-26(33)24(19-12-7-5-8-13-19)20-14-9-6-10-15-20/h5-10,12-15,24,32H,11,16-17H2,1-4H3,(H,30,33)(H,31,34)/b29-21+. The van der Waals surface area contributed by atoms with Crippen LogP contribution in [0.4, 0.5) is 0 Å². The van der Waals surface area contributed by atoms with Crippen LogP contribution in [0.1, 0.15) is 78.1 Å². The first-order valence-corrected chi connectivity index (χ1v) is 11.9. The average molecular weight is 473 g/mol. The van der Waals surface area contributed by atoms with Gasteiger partial charge in [-0.15, -0.1) is 0 Å². The summed E-state index contributed by atoms with van der Waals surface area (Å²) in [5.41, 5.74) is 12.3. The minimum atomic E-state index is -0.486. The smallest absolute Gasteiger partial charge is 0.301 e. The molecule has 0 aliphatic heterocycles. The first-order valence-electron chi connectivity index (χ1n) is 11.9.